The first kappa shape index (κ1) is 22.9. The zero-order chi connectivity index (χ0) is 24.4. The molecule has 2 heterocycles. The molecule has 1 unspecified atom stereocenters. The summed E-state index contributed by atoms with van der Waals surface area (Å²) in [5, 5.41) is 25.0. The Kier molecular flexibility index (Phi) is 6.19. The van der Waals surface area contributed by atoms with Gasteiger partial charge in [0, 0.05) is 34.3 Å². The largest absolute Gasteiger partial charge is 0.381 e. The first-order valence-corrected chi connectivity index (χ1v) is 11.2. The highest BCUT2D eigenvalue weighted by Crippen LogP contribution is 2.30. The molecular formula is C25H21ClF2N6O. The van der Waals surface area contributed by atoms with Gasteiger partial charge in [-0.1, -0.05) is 35.9 Å². The molecule has 7 nitrogen and oxygen atoms in total. The minimum Gasteiger partial charge on any atom is -0.381 e. The zero-order valence-corrected chi connectivity index (χ0v) is 19.2. The molecule has 35 heavy (non-hydrogen) atoms. The van der Waals surface area contributed by atoms with E-state index in [4.69, 9.17) is 11.6 Å². The van der Waals surface area contributed by atoms with Gasteiger partial charge in [-0.3, -0.25) is 4.68 Å². The molecular weight excluding hydrogens is 474 g/mol. The Labute approximate surface area is 204 Å². The van der Waals surface area contributed by atoms with E-state index >= 15 is 0 Å². The summed E-state index contributed by atoms with van der Waals surface area (Å²) in [4.78, 5) is 3.89. The molecule has 178 valence electrons. The monoisotopic (exact) mass is 494 g/mol. The molecule has 10 heteroatoms. The van der Waals surface area contributed by atoms with Crippen LogP contribution in [0.1, 0.15) is 11.1 Å². The molecule has 0 radical (unpaired) electrons. The van der Waals surface area contributed by atoms with Crippen LogP contribution in [0.25, 0.3) is 10.9 Å². The van der Waals surface area contributed by atoms with Gasteiger partial charge >= 0.3 is 0 Å². The number of hydrogen-bond donors (Lipinski definition) is 2. The number of hydrogen-bond acceptors (Lipinski definition) is 5. The van der Waals surface area contributed by atoms with Crippen LogP contribution in [-0.2, 0) is 25.2 Å². The van der Waals surface area contributed by atoms with Gasteiger partial charge in [-0.2, -0.15) is 10.2 Å². The van der Waals surface area contributed by atoms with Gasteiger partial charge in [0.15, 0.2) is 0 Å². The Balaban J connectivity index is 1.47. The fourth-order valence-corrected chi connectivity index (χ4v) is 4.27. The smallest absolute Gasteiger partial charge is 0.137 e. The number of halogens is 3. The van der Waals surface area contributed by atoms with Crippen LogP contribution in [0.3, 0.4) is 0 Å². The summed E-state index contributed by atoms with van der Waals surface area (Å²) in [6.07, 6.45) is 4.41. The number of aliphatic hydroxyl groups is 1. The van der Waals surface area contributed by atoms with Gasteiger partial charge in [-0.25, -0.2) is 18.4 Å². The van der Waals surface area contributed by atoms with Gasteiger partial charge in [0.25, 0.3) is 0 Å². The van der Waals surface area contributed by atoms with Gasteiger partial charge in [0.2, 0.25) is 0 Å². The Hall–Kier alpha value is -3.82. The number of aromatic nitrogens is 5. The summed E-state index contributed by atoms with van der Waals surface area (Å²) in [6, 6.07) is 16.4. The van der Waals surface area contributed by atoms with Crippen LogP contribution in [0, 0.1) is 11.6 Å². The summed E-state index contributed by atoms with van der Waals surface area (Å²) in [5.74, 6) is -1.58. The van der Waals surface area contributed by atoms with Crippen LogP contribution in [0.15, 0.2) is 79.5 Å². The molecule has 0 saturated heterocycles. The molecule has 0 amide bonds. The van der Waals surface area contributed by atoms with E-state index in [1.165, 1.54) is 23.4 Å². The van der Waals surface area contributed by atoms with E-state index in [0.29, 0.717) is 11.6 Å². The van der Waals surface area contributed by atoms with Crippen LogP contribution >= 0.6 is 11.6 Å². The van der Waals surface area contributed by atoms with E-state index < -0.39 is 17.2 Å². The third-order valence-corrected chi connectivity index (χ3v) is 6.19. The van der Waals surface area contributed by atoms with E-state index in [1.807, 2.05) is 42.5 Å². The average Bonchev–Trinajstić information content (AvgIpc) is 3.48. The molecule has 3 aromatic carbocycles. The lowest BCUT2D eigenvalue weighted by Gasteiger charge is -2.29. The number of benzene rings is 3. The maximum absolute atomic E-state index is 14.8. The van der Waals surface area contributed by atoms with Crippen molar-refractivity contribution in [3.63, 3.8) is 0 Å². The van der Waals surface area contributed by atoms with Crippen molar-refractivity contribution in [3.8, 4) is 0 Å². The molecule has 0 aliphatic rings. The fourth-order valence-electron chi connectivity index (χ4n) is 4.06. The maximum atomic E-state index is 14.8. The Bertz CT molecular complexity index is 1470. The second kappa shape index (κ2) is 9.44. The zero-order valence-electron chi connectivity index (χ0n) is 18.4. The van der Waals surface area contributed by atoms with Crippen molar-refractivity contribution >= 4 is 28.2 Å². The van der Waals surface area contributed by atoms with Crippen molar-refractivity contribution in [1.29, 1.82) is 0 Å². The Morgan fingerprint density at radius 1 is 1.00 bits per heavy atom. The normalized spacial score (nSPS) is 13.1. The standard InChI is InChI=1S/C25H21ClF2N6O/c26-22-4-2-1-3-17(22)11-30-20-7-5-18-12-31-34(24(18)10-20)14-25(35,13-33-16-29-15-32-33)21-8-6-19(27)9-23(21)28/h1-10,12,15-16,30,35H,11,13-14H2. The fraction of sp³-hybridized carbons (Fsp3) is 0.160. The highest BCUT2D eigenvalue weighted by molar-refractivity contribution is 6.31. The number of nitrogens with zero attached hydrogens (tertiary/aromatic N) is 5. The van der Waals surface area contributed by atoms with Gasteiger partial charge in [0.05, 0.1) is 24.8 Å². The summed E-state index contributed by atoms with van der Waals surface area (Å²) in [5.41, 5.74) is 0.661. The van der Waals surface area contributed by atoms with Crippen LogP contribution in [-0.4, -0.2) is 29.7 Å². The molecule has 5 rings (SSSR count). The van der Waals surface area contributed by atoms with E-state index in [9.17, 15) is 13.9 Å². The summed E-state index contributed by atoms with van der Waals surface area (Å²) in [6.45, 7) is 0.310. The minimum absolute atomic E-state index is 0.0638. The van der Waals surface area contributed by atoms with Crippen LogP contribution in [0.5, 0.6) is 0 Å². The molecule has 2 aromatic heterocycles. The first-order valence-electron chi connectivity index (χ1n) is 10.8. The van der Waals surface area contributed by atoms with Gasteiger partial charge in [-0.05, 0) is 35.9 Å². The highest BCUT2D eigenvalue weighted by Gasteiger charge is 2.35. The van der Waals surface area contributed by atoms with E-state index in [-0.39, 0.29) is 18.7 Å². The lowest BCUT2D eigenvalue weighted by atomic mass is 9.92. The van der Waals surface area contributed by atoms with Crippen LogP contribution in [0.2, 0.25) is 5.02 Å². The molecule has 1 atom stereocenters. The number of fused-ring (bicyclic) bond motifs is 1. The molecule has 0 aliphatic heterocycles. The van der Waals surface area contributed by atoms with E-state index in [0.717, 1.165) is 34.3 Å². The second-order valence-electron chi connectivity index (χ2n) is 8.27. The summed E-state index contributed by atoms with van der Waals surface area (Å²) in [7, 11) is 0. The van der Waals surface area contributed by atoms with Crippen molar-refractivity contribution in [1.82, 2.24) is 24.5 Å². The number of rotatable bonds is 8. The quantitative estimate of drug-likeness (QED) is 0.325. The third-order valence-electron chi connectivity index (χ3n) is 5.82. The number of anilines is 1. The molecule has 0 saturated carbocycles. The SMILES string of the molecule is OC(Cn1cncn1)(Cn1ncc2ccc(NCc3ccccc3Cl)cc21)c1ccc(F)cc1F. The topological polar surface area (TPSA) is 80.8 Å². The van der Waals surface area contributed by atoms with Crippen molar-refractivity contribution in [2.45, 2.75) is 25.2 Å². The van der Waals surface area contributed by atoms with Gasteiger partial charge in [0.1, 0.15) is 29.9 Å². The number of nitrogens with one attached hydrogen (secondary N) is 1. The average molecular weight is 495 g/mol. The summed E-state index contributed by atoms with van der Waals surface area (Å²) < 4.78 is 31.3. The van der Waals surface area contributed by atoms with Crippen molar-refractivity contribution in [3.05, 3.63) is 107 Å². The highest BCUT2D eigenvalue weighted by atomic mass is 35.5. The predicted octanol–water partition coefficient (Wildman–Crippen LogP) is 4.76. The molecule has 0 bridgehead atoms. The lowest BCUT2D eigenvalue weighted by molar-refractivity contribution is -0.00734. The van der Waals surface area contributed by atoms with Crippen LogP contribution < -0.4 is 5.32 Å². The summed E-state index contributed by atoms with van der Waals surface area (Å²) >= 11 is 6.26. The first-order chi connectivity index (χ1) is 16.9. The van der Waals surface area contributed by atoms with Crippen molar-refractivity contribution < 1.29 is 13.9 Å². The predicted molar refractivity (Wildman–Crippen MR) is 129 cm³/mol. The molecule has 2 N–H and O–H groups in total. The molecule has 5 aromatic rings. The van der Waals surface area contributed by atoms with Crippen molar-refractivity contribution in [2.24, 2.45) is 0 Å². The Morgan fingerprint density at radius 3 is 2.63 bits per heavy atom. The van der Waals surface area contributed by atoms with Crippen molar-refractivity contribution in [2.75, 3.05) is 5.32 Å². The van der Waals surface area contributed by atoms with E-state index in [1.54, 1.807) is 10.9 Å². The minimum atomic E-state index is -1.79. The van der Waals surface area contributed by atoms with Gasteiger partial charge < -0.3 is 10.4 Å². The molecule has 0 aliphatic carbocycles. The Morgan fingerprint density at radius 2 is 1.86 bits per heavy atom. The maximum Gasteiger partial charge on any atom is 0.137 e. The molecule has 0 fully saturated rings. The lowest BCUT2D eigenvalue weighted by Crippen LogP contribution is -2.37. The molecule has 0 spiro atoms. The van der Waals surface area contributed by atoms with Crippen LogP contribution in [0.4, 0.5) is 14.5 Å². The second-order valence-corrected chi connectivity index (χ2v) is 8.68. The van der Waals surface area contributed by atoms with E-state index in [2.05, 4.69) is 20.5 Å². The third kappa shape index (κ3) is 4.87. The van der Waals surface area contributed by atoms with Gasteiger partial charge in [-0.15, -0.1) is 0 Å².